The number of rotatable bonds is 8. The largest absolute Gasteiger partial charge is 0.383 e. The van der Waals surface area contributed by atoms with E-state index >= 15 is 0 Å². The lowest BCUT2D eigenvalue weighted by molar-refractivity contribution is -0.140. The summed E-state index contributed by atoms with van der Waals surface area (Å²) in [6.45, 7) is 2.79. The number of amides is 2. The topological polar surface area (TPSA) is 75.9 Å². The maximum absolute atomic E-state index is 12.1. The van der Waals surface area contributed by atoms with Crippen LogP contribution in [0.25, 0.3) is 0 Å². The predicted molar refractivity (Wildman–Crippen MR) is 77.3 cm³/mol. The summed E-state index contributed by atoms with van der Waals surface area (Å²) < 4.78 is 4.94. The summed E-state index contributed by atoms with van der Waals surface area (Å²) in [5.41, 5.74) is 5.80. The number of likely N-dealkylation sites (N-methyl/N-ethyl adjacent to an activating group) is 1. The molecule has 6 nitrogen and oxygen atoms in total. The average molecular weight is 296 g/mol. The standard InChI is InChI=1S/C12H25N3O3.ClH/c1-5-6-10(13)12(17)15(7-8-18-4)9-11(16)14(2)3;/h10H,5-9,13H2,1-4H3;1H. The SMILES string of the molecule is CCCC(N)C(=O)N(CCOC)CC(=O)N(C)C.Cl. The van der Waals surface area contributed by atoms with Crippen molar-refractivity contribution in [1.82, 2.24) is 9.80 Å². The molecule has 1 atom stereocenters. The van der Waals surface area contributed by atoms with Crippen LogP contribution in [0.2, 0.25) is 0 Å². The van der Waals surface area contributed by atoms with Gasteiger partial charge < -0.3 is 20.3 Å². The number of hydrogen-bond acceptors (Lipinski definition) is 4. The molecule has 2 N–H and O–H groups in total. The fraction of sp³-hybridized carbons (Fsp3) is 0.833. The van der Waals surface area contributed by atoms with E-state index < -0.39 is 6.04 Å². The van der Waals surface area contributed by atoms with Gasteiger partial charge in [0.1, 0.15) is 0 Å². The van der Waals surface area contributed by atoms with E-state index in [1.54, 1.807) is 21.2 Å². The summed E-state index contributed by atoms with van der Waals surface area (Å²) in [4.78, 5) is 26.6. The Labute approximate surface area is 121 Å². The minimum atomic E-state index is -0.540. The van der Waals surface area contributed by atoms with Gasteiger partial charge in [-0.1, -0.05) is 13.3 Å². The van der Waals surface area contributed by atoms with Gasteiger partial charge >= 0.3 is 0 Å². The number of hydrogen-bond donors (Lipinski definition) is 1. The van der Waals surface area contributed by atoms with Crippen molar-refractivity contribution < 1.29 is 14.3 Å². The molecular formula is C12H26ClN3O3. The smallest absolute Gasteiger partial charge is 0.241 e. The highest BCUT2D eigenvalue weighted by molar-refractivity contribution is 5.87. The Hall–Kier alpha value is -0.850. The first-order chi connectivity index (χ1) is 8.43. The first-order valence-corrected chi connectivity index (χ1v) is 6.17. The van der Waals surface area contributed by atoms with Gasteiger partial charge in [-0.3, -0.25) is 9.59 Å². The molecule has 0 aliphatic heterocycles. The van der Waals surface area contributed by atoms with Crippen LogP contribution >= 0.6 is 12.4 Å². The zero-order valence-corrected chi connectivity index (χ0v) is 13.0. The van der Waals surface area contributed by atoms with Crippen molar-refractivity contribution in [3.63, 3.8) is 0 Å². The average Bonchev–Trinajstić information content (AvgIpc) is 2.33. The van der Waals surface area contributed by atoms with E-state index in [2.05, 4.69) is 0 Å². The lowest BCUT2D eigenvalue weighted by atomic mass is 10.1. The second-order valence-electron chi connectivity index (χ2n) is 4.44. The van der Waals surface area contributed by atoms with Gasteiger partial charge in [0.05, 0.1) is 19.2 Å². The zero-order chi connectivity index (χ0) is 14.1. The minimum Gasteiger partial charge on any atom is -0.383 e. The maximum atomic E-state index is 12.1. The molecule has 0 heterocycles. The second kappa shape index (κ2) is 11.0. The van der Waals surface area contributed by atoms with Crippen molar-refractivity contribution in [3.8, 4) is 0 Å². The van der Waals surface area contributed by atoms with Gasteiger partial charge in [-0.2, -0.15) is 0 Å². The van der Waals surface area contributed by atoms with E-state index in [0.717, 1.165) is 6.42 Å². The summed E-state index contributed by atoms with van der Waals surface area (Å²) in [7, 11) is 4.88. The lowest BCUT2D eigenvalue weighted by Crippen LogP contribution is -2.48. The van der Waals surface area contributed by atoms with Crippen LogP contribution < -0.4 is 5.73 Å². The van der Waals surface area contributed by atoms with Gasteiger partial charge in [0.15, 0.2) is 0 Å². The van der Waals surface area contributed by atoms with E-state index in [-0.39, 0.29) is 30.8 Å². The number of carbonyl (C=O) groups excluding carboxylic acids is 2. The molecule has 0 saturated carbocycles. The molecule has 0 fully saturated rings. The molecule has 0 saturated heterocycles. The number of nitrogens with two attached hydrogens (primary N) is 1. The molecular weight excluding hydrogens is 270 g/mol. The van der Waals surface area contributed by atoms with Gasteiger partial charge in [-0.25, -0.2) is 0 Å². The maximum Gasteiger partial charge on any atom is 0.241 e. The third-order valence-electron chi connectivity index (χ3n) is 2.62. The van der Waals surface area contributed by atoms with E-state index in [0.29, 0.717) is 19.6 Å². The normalized spacial score (nSPS) is 11.4. The molecule has 114 valence electrons. The predicted octanol–water partition coefficient (Wildman–Crippen LogP) is 0.0988. The van der Waals surface area contributed by atoms with Crippen LogP contribution in [0.1, 0.15) is 19.8 Å². The monoisotopic (exact) mass is 295 g/mol. The quantitative estimate of drug-likeness (QED) is 0.689. The number of carbonyl (C=O) groups is 2. The van der Waals surface area contributed by atoms with Crippen molar-refractivity contribution in [2.45, 2.75) is 25.8 Å². The summed E-state index contributed by atoms with van der Waals surface area (Å²) in [5.74, 6) is -0.313. The molecule has 1 unspecified atom stereocenters. The van der Waals surface area contributed by atoms with Crippen LogP contribution in [0.4, 0.5) is 0 Å². The lowest BCUT2D eigenvalue weighted by Gasteiger charge is -2.26. The van der Waals surface area contributed by atoms with Crippen LogP contribution in [-0.4, -0.2) is 68.6 Å². The molecule has 0 aromatic carbocycles. The summed E-state index contributed by atoms with van der Waals surface area (Å²) in [6, 6.07) is -0.540. The highest BCUT2D eigenvalue weighted by Crippen LogP contribution is 2.01. The van der Waals surface area contributed by atoms with Crippen LogP contribution in [-0.2, 0) is 14.3 Å². The second-order valence-corrected chi connectivity index (χ2v) is 4.44. The molecule has 19 heavy (non-hydrogen) atoms. The Morgan fingerprint density at radius 1 is 1.32 bits per heavy atom. The van der Waals surface area contributed by atoms with Crippen molar-refractivity contribution in [2.24, 2.45) is 5.73 Å². The fourth-order valence-electron chi connectivity index (χ4n) is 1.44. The molecule has 0 spiro atoms. The van der Waals surface area contributed by atoms with Gasteiger partial charge in [0.25, 0.3) is 0 Å². The zero-order valence-electron chi connectivity index (χ0n) is 12.2. The summed E-state index contributed by atoms with van der Waals surface area (Å²) in [6.07, 6.45) is 1.46. The van der Waals surface area contributed by atoms with Gasteiger partial charge in [-0.05, 0) is 6.42 Å². The molecule has 7 heteroatoms. The molecule has 0 bridgehead atoms. The van der Waals surface area contributed by atoms with Crippen LogP contribution in [0.15, 0.2) is 0 Å². The Balaban J connectivity index is 0. The van der Waals surface area contributed by atoms with Crippen LogP contribution in [0.3, 0.4) is 0 Å². The van der Waals surface area contributed by atoms with E-state index in [1.165, 1.54) is 9.80 Å². The molecule has 0 aliphatic rings. The summed E-state index contributed by atoms with van der Waals surface area (Å²) >= 11 is 0. The minimum absolute atomic E-state index is 0. The first kappa shape index (κ1) is 20.5. The van der Waals surface area contributed by atoms with Crippen molar-refractivity contribution in [1.29, 1.82) is 0 Å². The molecule has 0 aromatic heterocycles. The van der Waals surface area contributed by atoms with E-state index in [4.69, 9.17) is 10.5 Å². The van der Waals surface area contributed by atoms with Crippen LogP contribution in [0.5, 0.6) is 0 Å². The Kier molecular flexibility index (Phi) is 11.9. The fourth-order valence-corrected chi connectivity index (χ4v) is 1.44. The van der Waals surface area contributed by atoms with Gasteiger partial charge in [-0.15, -0.1) is 12.4 Å². The third kappa shape index (κ3) is 8.02. The Morgan fingerprint density at radius 2 is 1.89 bits per heavy atom. The van der Waals surface area contributed by atoms with Crippen LogP contribution in [0, 0.1) is 0 Å². The number of halogens is 1. The van der Waals surface area contributed by atoms with Gasteiger partial charge in [0.2, 0.25) is 11.8 Å². The number of methoxy groups -OCH3 is 1. The first-order valence-electron chi connectivity index (χ1n) is 6.17. The number of ether oxygens (including phenoxy) is 1. The number of nitrogens with zero attached hydrogens (tertiary/aromatic N) is 2. The van der Waals surface area contributed by atoms with Gasteiger partial charge in [0, 0.05) is 27.7 Å². The highest BCUT2D eigenvalue weighted by atomic mass is 35.5. The molecule has 0 aliphatic carbocycles. The van der Waals surface area contributed by atoms with Crippen molar-refractivity contribution >= 4 is 24.2 Å². The molecule has 0 aromatic rings. The summed E-state index contributed by atoms with van der Waals surface area (Å²) in [5, 5.41) is 0. The molecule has 0 rings (SSSR count). The Morgan fingerprint density at radius 3 is 2.32 bits per heavy atom. The Bertz CT molecular complexity index is 275. The molecule has 2 amide bonds. The van der Waals surface area contributed by atoms with Crippen molar-refractivity contribution in [3.05, 3.63) is 0 Å². The van der Waals surface area contributed by atoms with E-state index in [1.807, 2.05) is 6.92 Å². The third-order valence-corrected chi connectivity index (χ3v) is 2.62. The van der Waals surface area contributed by atoms with E-state index in [9.17, 15) is 9.59 Å². The molecule has 0 radical (unpaired) electrons. The van der Waals surface area contributed by atoms with Crippen molar-refractivity contribution in [2.75, 3.05) is 40.9 Å². The highest BCUT2D eigenvalue weighted by Gasteiger charge is 2.22.